The van der Waals surface area contributed by atoms with Gasteiger partial charge in [0.15, 0.2) is 5.82 Å². The molecular weight excluding hydrogens is 290 g/mol. The van der Waals surface area contributed by atoms with Crippen molar-refractivity contribution >= 4 is 29.1 Å². The van der Waals surface area contributed by atoms with E-state index in [1.807, 2.05) is 25.1 Å². The molecule has 0 radical (unpaired) electrons. The van der Waals surface area contributed by atoms with Crippen molar-refractivity contribution in [2.75, 3.05) is 36.5 Å². The third-order valence-corrected chi connectivity index (χ3v) is 3.56. The number of nitrogens with zero attached hydrogens (tertiary/aromatic N) is 4. The lowest BCUT2D eigenvalue weighted by atomic mass is 10.2. The fourth-order valence-corrected chi connectivity index (χ4v) is 2.31. The Hall–Kier alpha value is -1.92. The van der Waals surface area contributed by atoms with E-state index in [-0.39, 0.29) is 0 Å². The molecule has 2 aromatic rings. The van der Waals surface area contributed by atoms with E-state index in [4.69, 9.17) is 16.3 Å². The monoisotopic (exact) mass is 305 g/mol. The highest BCUT2D eigenvalue weighted by Crippen LogP contribution is 2.23. The van der Waals surface area contributed by atoms with Gasteiger partial charge < -0.3 is 15.0 Å². The van der Waals surface area contributed by atoms with Crippen LogP contribution in [0.1, 0.15) is 5.56 Å². The summed E-state index contributed by atoms with van der Waals surface area (Å²) in [5.74, 6) is 1.26. The average molecular weight is 306 g/mol. The fraction of sp³-hybridized carbons (Fsp3) is 0.357. The van der Waals surface area contributed by atoms with E-state index in [2.05, 4.69) is 25.4 Å². The summed E-state index contributed by atoms with van der Waals surface area (Å²) in [6.45, 7) is 5.04. The molecule has 0 aliphatic carbocycles. The number of ether oxygens (including phenoxy) is 1. The van der Waals surface area contributed by atoms with Crippen LogP contribution in [0.15, 0.2) is 24.4 Å². The van der Waals surface area contributed by atoms with Crippen LogP contribution in [0.25, 0.3) is 0 Å². The van der Waals surface area contributed by atoms with Crippen molar-refractivity contribution in [1.82, 2.24) is 15.2 Å². The Morgan fingerprint density at radius 1 is 1.29 bits per heavy atom. The number of rotatable bonds is 3. The number of nitrogens with one attached hydrogen (secondary N) is 1. The molecule has 0 unspecified atom stereocenters. The van der Waals surface area contributed by atoms with Gasteiger partial charge in [0.25, 0.3) is 0 Å². The van der Waals surface area contributed by atoms with Crippen molar-refractivity contribution in [1.29, 1.82) is 0 Å². The van der Waals surface area contributed by atoms with Gasteiger partial charge in [0.05, 0.1) is 19.4 Å². The molecule has 1 aromatic heterocycles. The largest absolute Gasteiger partial charge is 0.378 e. The van der Waals surface area contributed by atoms with Crippen molar-refractivity contribution < 1.29 is 4.74 Å². The summed E-state index contributed by atoms with van der Waals surface area (Å²) in [6.07, 6.45) is 1.67. The molecule has 1 aromatic carbocycles. The summed E-state index contributed by atoms with van der Waals surface area (Å²) in [4.78, 5) is 6.64. The highest BCUT2D eigenvalue weighted by molar-refractivity contribution is 6.30. The Morgan fingerprint density at radius 3 is 2.90 bits per heavy atom. The number of morpholine rings is 1. The van der Waals surface area contributed by atoms with E-state index in [1.54, 1.807) is 6.20 Å². The smallest absolute Gasteiger partial charge is 0.249 e. The summed E-state index contributed by atoms with van der Waals surface area (Å²) in [5.41, 5.74) is 1.95. The first-order chi connectivity index (χ1) is 10.2. The van der Waals surface area contributed by atoms with E-state index >= 15 is 0 Å². The second kappa shape index (κ2) is 6.24. The standard InChI is InChI=1S/C14H16ClN5O/c1-10-2-3-11(15)8-12(10)17-14-18-13(9-16-19-14)20-4-6-21-7-5-20/h2-3,8-9H,4-7H2,1H3,(H,17,18,19). The van der Waals surface area contributed by atoms with Gasteiger partial charge in [-0.2, -0.15) is 10.1 Å². The summed E-state index contributed by atoms with van der Waals surface area (Å²) in [6, 6.07) is 5.65. The highest BCUT2D eigenvalue weighted by atomic mass is 35.5. The van der Waals surface area contributed by atoms with E-state index in [0.29, 0.717) is 24.2 Å². The maximum Gasteiger partial charge on any atom is 0.249 e. The molecule has 21 heavy (non-hydrogen) atoms. The first-order valence-electron chi connectivity index (χ1n) is 6.78. The van der Waals surface area contributed by atoms with Crippen LogP contribution < -0.4 is 10.2 Å². The molecule has 0 spiro atoms. The Morgan fingerprint density at radius 2 is 2.10 bits per heavy atom. The lowest BCUT2D eigenvalue weighted by molar-refractivity contribution is 0.122. The molecule has 0 bridgehead atoms. The minimum absolute atomic E-state index is 0.462. The van der Waals surface area contributed by atoms with Crippen molar-refractivity contribution in [2.24, 2.45) is 0 Å². The molecule has 0 atom stereocenters. The van der Waals surface area contributed by atoms with Crippen LogP contribution >= 0.6 is 11.6 Å². The minimum Gasteiger partial charge on any atom is -0.378 e. The number of hydrogen-bond acceptors (Lipinski definition) is 6. The van der Waals surface area contributed by atoms with Crippen molar-refractivity contribution in [3.63, 3.8) is 0 Å². The van der Waals surface area contributed by atoms with Gasteiger partial charge >= 0.3 is 0 Å². The van der Waals surface area contributed by atoms with Gasteiger partial charge in [0.2, 0.25) is 5.95 Å². The molecule has 7 heteroatoms. The Labute approximate surface area is 128 Å². The first-order valence-corrected chi connectivity index (χ1v) is 7.16. The molecule has 1 N–H and O–H groups in total. The van der Waals surface area contributed by atoms with Gasteiger partial charge in [-0.3, -0.25) is 0 Å². The van der Waals surface area contributed by atoms with E-state index in [9.17, 15) is 0 Å². The number of hydrogen-bond donors (Lipinski definition) is 1. The van der Waals surface area contributed by atoms with Crippen LogP contribution in [0.5, 0.6) is 0 Å². The summed E-state index contributed by atoms with van der Waals surface area (Å²) >= 11 is 6.02. The molecule has 1 saturated heterocycles. The maximum atomic E-state index is 6.02. The SMILES string of the molecule is Cc1ccc(Cl)cc1Nc1nncc(N2CCOCC2)n1. The molecule has 0 saturated carbocycles. The normalized spacial score (nSPS) is 15.0. The number of aromatic nitrogens is 3. The van der Waals surface area contributed by atoms with Crippen LogP contribution in [0.2, 0.25) is 5.02 Å². The molecule has 6 nitrogen and oxygen atoms in total. The third kappa shape index (κ3) is 3.40. The van der Waals surface area contributed by atoms with Crippen LogP contribution in [-0.4, -0.2) is 41.5 Å². The molecule has 1 aliphatic rings. The van der Waals surface area contributed by atoms with Gasteiger partial charge in [-0.05, 0) is 24.6 Å². The fourth-order valence-electron chi connectivity index (χ4n) is 2.14. The molecule has 110 valence electrons. The number of aryl methyl sites for hydroxylation is 1. The predicted octanol–water partition coefficient (Wildman–Crippen LogP) is 2.41. The number of anilines is 3. The molecular formula is C14H16ClN5O. The maximum absolute atomic E-state index is 6.02. The van der Waals surface area contributed by atoms with E-state index < -0.39 is 0 Å². The average Bonchev–Trinajstić information content (AvgIpc) is 2.52. The Kier molecular flexibility index (Phi) is 4.17. The summed E-state index contributed by atoms with van der Waals surface area (Å²) < 4.78 is 5.34. The molecule has 1 aliphatic heterocycles. The molecule has 3 rings (SSSR count). The van der Waals surface area contributed by atoms with Crippen LogP contribution in [-0.2, 0) is 4.74 Å². The zero-order chi connectivity index (χ0) is 14.7. The Balaban J connectivity index is 1.81. The first kappa shape index (κ1) is 14.0. The van der Waals surface area contributed by atoms with Gasteiger partial charge in [-0.1, -0.05) is 17.7 Å². The van der Waals surface area contributed by atoms with Crippen molar-refractivity contribution in [3.05, 3.63) is 35.0 Å². The summed E-state index contributed by atoms with van der Waals surface area (Å²) in [5, 5.41) is 11.9. The Bertz CT molecular complexity index is 631. The topological polar surface area (TPSA) is 63.2 Å². The number of benzene rings is 1. The van der Waals surface area contributed by atoms with Gasteiger partial charge in [-0.15, -0.1) is 5.10 Å². The van der Waals surface area contributed by atoms with E-state index in [1.165, 1.54) is 0 Å². The predicted molar refractivity (Wildman–Crippen MR) is 82.3 cm³/mol. The van der Waals surface area contributed by atoms with Crippen LogP contribution in [0, 0.1) is 6.92 Å². The van der Waals surface area contributed by atoms with Crippen molar-refractivity contribution in [3.8, 4) is 0 Å². The van der Waals surface area contributed by atoms with Gasteiger partial charge in [0.1, 0.15) is 0 Å². The quantitative estimate of drug-likeness (QED) is 0.939. The lowest BCUT2D eigenvalue weighted by Crippen LogP contribution is -2.37. The second-order valence-corrected chi connectivity index (χ2v) is 5.26. The highest BCUT2D eigenvalue weighted by Gasteiger charge is 2.14. The molecule has 0 amide bonds. The number of halogens is 1. The van der Waals surface area contributed by atoms with Crippen molar-refractivity contribution in [2.45, 2.75) is 6.92 Å². The second-order valence-electron chi connectivity index (χ2n) is 4.82. The van der Waals surface area contributed by atoms with E-state index in [0.717, 1.165) is 30.2 Å². The lowest BCUT2D eigenvalue weighted by Gasteiger charge is -2.27. The summed E-state index contributed by atoms with van der Waals surface area (Å²) in [7, 11) is 0. The van der Waals surface area contributed by atoms with Gasteiger partial charge in [0, 0.05) is 23.8 Å². The zero-order valence-corrected chi connectivity index (χ0v) is 12.5. The minimum atomic E-state index is 0.462. The van der Waals surface area contributed by atoms with Gasteiger partial charge in [-0.25, -0.2) is 0 Å². The molecule has 2 heterocycles. The van der Waals surface area contributed by atoms with Crippen LogP contribution in [0.3, 0.4) is 0 Å². The zero-order valence-electron chi connectivity index (χ0n) is 11.7. The van der Waals surface area contributed by atoms with Crippen LogP contribution in [0.4, 0.5) is 17.5 Å². The third-order valence-electron chi connectivity index (χ3n) is 3.33. The molecule has 1 fully saturated rings.